The number of nitrogens with zero attached hydrogens (tertiary/aromatic N) is 1. The zero-order valence-electron chi connectivity index (χ0n) is 13.3. The van der Waals surface area contributed by atoms with Crippen LogP contribution in [0.4, 0.5) is 0 Å². The SMILES string of the molecule is CCCNCC1CCC(C(C)C)CC1Cc1nccs1. The molecule has 1 aliphatic carbocycles. The largest absolute Gasteiger partial charge is 0.316 e. The van der Waals surface area contributed by atoms with Crippen molar-refractivity contribution < 1.29 is 0 Å². The van der Waals surface area contributed by atoms with Crippen LogP contribution >= 0.6 is 11.3 Å². The number of nitrogens with one attached hydrogen (secondary N) is 1. The highest BCUT2D eigenvalue weighted by Gasteiger charge is 2.31. The molecule has 3 atom stereocenters. The topological polar surface area (TPSA) is 24.9 Å². The van der Waals surface area contributed by atoms with Crippen molar-refractivity contribution >= 4 is 11.3 Å². The maximum Gasteiger partial charge on any atom is 0.0927 e. The molecule has 1 saturated carbocycles. The van der Waals surface area contributed by atoms with Crippen LogP contribution in [0, 0.1) is 23.7 Å². The molecule has 1 aliphatic rings. The van der Waals surface area contributed by atoms with Crippen LogP contribution < -0.4 is 5.32 Å². The first kappa shape index (κ1) is 16.0. The van der Waals surface area contributed by atoms with Gasteiger partial charge in [0, 0.05) is 18.0 Å². The van der Waals surface area contributed by atoms with Crippen LogP contribution in [0.5, 0.6) is 0 Å². The normalized spacial score (nSPS) is 27.1. The molecule has 1 aromatic heterocycles. The Kier molecular flexibility index (Phi) is 6.50. The Morgan fingerprint density at radius 3 is 2.85 bits per heavy atom. The van der Waals surface area contributed by atoms with Crippen molar-refractivity contribution in [2.45, 2.75) is 52.9 Å². The van der Waals surface area contributed by atoms with E-state index in [9.17, 15) is 0 Å². The first-order valence-electron chi connectivity index (χ1n) is 8.29. The van der Waals surface area contributed by atoms with Crippen molar-refractivity contribution in [1.82, 2.24) is 10.3 Å². The first-order valence-corrected chi connectivity index (χ1v) is 9.17. The molecule has 0 radical (unpaired) electrons. The van der Waals surface area contributed by atoms with Gasteiger partial charge >= 0.3 is 0 Å². The van der Waals surface area contributed by atoms with Gasteiger partial charge in [0.25, 0.3) is 0 Å². The molecule has 0 spiro atoms. The van der Waals surface area contributed by atoms with Gasteiger partial charge in [-0.05, 0) is 62.4 Å². The predicted octanol–water partition coefficient (Wildman–Crippen LogP) is 4.37. The highest BCUT2D eigenvalue weighted by Crippen LogP contribution is 2.39. The summed E-state index contributed by atoms with van der Waals surface area (Å²) < 4.78 is 0. The van der Waals surface area contributed by atoms with Crippen LogP contribution in [-0.4, -0.2) is 18.1 Å². The summed E-state index contributed by atoms with van der Waals surface area (Å²) in [4.78, 5) is 4.51. The molecule has 2 rings (SSSR count). The van der Waals surface area contributed by atoms with Gasteiger partial charge in [-0.1, -0.05) is 20.8 Å². The lowest BCUT2D eigenvalue weighted by Crippen LogP contribution is -2.35. The molecule has 0 saturated heterocycles. The van der Waals surface area contributed by atoms with Gasteiger partial charge in [-0.15, -0.1) is 11.3 Å². The molecule has 0 bridgehead atoms. The van der Waals surface area contributed by atoms with Crippen molar-refractivity contribution in [2.24, 2.45) is 23.7 Å². The second-order valence-corrected chi connectivity index (χ2v) is 7.65. The molecule has 0 amide bonds. The summed E-state index contributed by atoms with van der Waals surface area (Å²) in [6.45, 7) is 9.39. The molecule has 1 fully saturated rings. The van der Waals surface area contributed by atoms with Crippen LogP contribution in [0.3, 0.4) is 0 Å². The van der Waals surface area contributed by atoms with Crippen LogP contribution in [0.15, 0.2) is 11.6 Å². The quantitative estimate of drug-likeness (QED) is 0.755. The van der Waals surface area contributed by atoms with Gasteiger partial charge in [0.1, 0.15) is 0 Å². The van der Waals surface area contributed by atoms with Gasteiger partial charge in [0.2, 0.25) is 0 Å². The maximum atomic E-state index is 4.51. The van der Waals surface area contributed by atoms with E-state index in [4.69, 9.17) is 0 Å². The van der Waals surface area contributed by atoms with Crippen LogP contribution in [0.1, 0.15) is 51.5 Å². The third-order valence-corrected chi connectivity index (χ3v) is 5.68. The van der Waals surface area contributed by atoms with E-state index < -0.39 is 0 Å². The van der Waals surface area contributed by atoms with Crippen molar-refractivity contribution in [3.63, 3.8) is 0 Å². The molecule has 3 heteroatoms. The van der Waals surface area contributed by atoms with Crippen molar-refractivity contribution in [3.05, 3.63) is 16.6 Å². The molecule has 0 aromatic carbocycles. The first-order chi connectivity index (χ1) is 9.70. The van der Waals surface area contributed by atoms with E-state index in [1.54, 1.807) is 0 Å². The molecule has 20 heavy (non-hydrogen) atoms. The van der Waals surface area contributed by atoms with Crippen LogP contribution in [0.2, 0.25) is 0 Å². The van der Waals surface area contributed by atoms with Crippen molar-refractivity contribution in [1.29, 1.82) is 0 Å². The summed E-state index contributed by atoms with van der Waals surface area (Å²) in [5.74, 6) is 3.42. The molecule has 0 aliphatic heterocycles. The Bertz CT molecular complexity index is 361. The summed E-state index contributed by atoms with van der Waals surface area (Å²) in [6.07, 6.45) is 8.60. The van der Waals surface area contributed by atoms with E-state index in [0.717, 1.165) is 30.2 Å². The fraction of sp³-hybridized carbons (Fsp3) is 0.824. The molecule has 1 heterocycles. The standard InChI is InChI=1S/C17H30N2S/c1-4-7-18-12-15-6-5-14(13(2)3)10-16(15)11-17-19-8-9-20-17/h8-9,13-16,18H,4-7,10-12H2,1-3H3. The number of hydrogen-bond acceptors (Lipinski definition) is 3. The molecule has 1 aromatic rings. The van der Waals surface area contributed by atoms with E-state index in [1.165, 1.54) is 43.7 Å². The molecular weight excluding hydrogens is 264 g/mol. The van der Waals surface area contributed by atoms with E-state index in [-0.39, 0.29) is 0 Å². The summed E-state index contributed by atoms with van der Waals surface area (Å²) in [6, 6.07) is 0. The van der Waals surface area contributed by atoms with E-state index in [1.807, 2.05) is 17.5 Å². The Balaban J connectivity index is 1.94. The van der Waals surface area contributed by atoms with E-state index >= 15 is 0 Å². The van der Waals surface area contributed by atoms with Gasteiger partial charge in [-0.3, -0.25) is 0 Å². The average Bonchev–Trinajstić information content (AvgIpc) is 2.93. The lowest BCUT2D eigenvalue weighted by Gasteiger charge is -2.38. The lowest BCUT2D eigenvalue weighted by molar-refractivity contribution is 0.144. The fourth-order valence-electron chi connectivity index (χ4n) is 3.53. The smallest absolute Gasteiger partial charge is 0.0927 e. The average molecular weight is 295 g/mol. The van der Waals surface area contributed by atoms with Gasteiger partial charge in [-0.25, -0.2) is 4.98 Å². The molecular formula is C17H30N2S. The number of rotatable bonds is 7. The Morgan fingerprint density at radius 2 is 2.20 bits per heavy atom. The van der Waals surface area contributed by atoms with Crippen LogP contribution in [-0.2, 0) is 6.42 Å². The monoisotopic (exact) mass is 294 g/mol. The molecule has 1 N–H and O–H groups in total. The number of thiazole rings is 1. The Labute approximate surface area is 128 Å². The highest BCUT2D eigenvalue weighted by molar-refractivity contribution is 7.09. The zero-order chi connectivity index (χ0) is 14.4. The van der Waals surface area contributed by atoms with Gasteiger partial charge in [0.05, 0.1) is 5.01 Å². The Hall–Kier alpha value is -0.410. The third-order valence-electron chi connectivity index (χ3n) is 4.88. The van der Waals surface area contributed by atoms with Crippen molar-refractivity contribution in [3.8, 4) is 0 Å². The predicted molar refractivity (Wildman–Crippen MR) is 88.1 cm³/mol. The summed E-state index contributed by atoms with van der Waals surface area (Å²) in [5, 5.41) is 7.09. The Morgan fingerprint density at radius 1 is 1.35 bits per heavy atom. The van der Waals surface area contributed by atoms with Gasteiger partial charge < -0.3 is 5.32 Å². The van der Waals surface area contributed by atoms with Gasteiger partial charge in [-0.2, -0.15) is 0 Å². The summed E-state index contributed by atoms with van der Waals surface area (Å²) in [5.41, 5.74) is 0. The van der Waals surface area contributed by atoms with Gasteiger partial charge in [0.15, 0.2) is 0 Å². The van der Waals surface area contributed by atoms with Crippen LogP contribution in [0.25, 0.3) is 0 Å². The van der Waals surface area contributed by atoms with E-state index in [2.05, 4.69) is 36.5 Å². The molecule has 114 valence electrons. The number of aromatic nitrogens is 1. The maximum absolute atomic E-state index is 4.51. The second-order valence-electron chi connectivity index (χ2n) is 6.67. The van der Waals surface area contributed by atoms with Crippen molar-refractivity contribution in [2.75, 3.05) is 13.1 Å². The fourth-order valence-corrected chi connectivity index (χ4v) is 4.24. The minimum absolute atomic E-state index is 0.826. The second kappa shape index (κ2) is 8.14. The van der Waals surface area contributed by atoms with E-state index in [0.29, 0.717) is 0 Å². The molecule has 3 unspecified atom stereocenters. The summed E-state index contributed by atoms with van der Waals surface area (Å²) in [7, 11) is 0. The zero-order valence-corrected chi connectivity index (χ0v) is 14.1. The highest BCUT2D eigenvalue weighted by atomic mass is 32.1. The molecule has 2 nitrogen and oxygen atoms in total. The minimum Gasteiger partial charge on any atom is -0.316 e. The lowest BCUT2D eigenvalue weighted by atomic mass is 9.69. The minimum atomic E-state index is 0.826. The summed E-state index contributed by atoms with van der Waals surface area (Å²) >= 11 is 1.83. The number of hydrogen-bond donors (Lipinski definition) is 1. The third kappa shape index (κ3) is 4.56.